The minimum absolute atomic E-state index is 0.0207. The topological polar surface area (TPSA) is 55.2 Å². The van der Waals surface area contributed by atoms with Crippen LogP contribution in [0.4, 0.5) is 0 Å². The van der Waals surface area contributed by atoms with Crippen LogP contribution in [0.25, 0.3) is 0 Å². The number of aliphatic hydroxyl groups is 1. The normalized spacial score (nSPS) is 21.4. The molecule has 4 nitrogen and oxygen atoms in total. The fourth-order valence-electron chi connectivity index (χ4n) is 2.56. The predicted molar refractivity (Wildman–Crippen MR) is 81.8 cm³/mol. The second-order valence-corrected chi connectivity index (χ2v) is 6.85. The zero-order valence-corrected chi connectivity index (χ0v) is 13.3. The molecule has 1 aromatic rings. The fraction of sp³-hybridized carbons (Fsp3) is 0.647. The summed E-state index contributed by atoms with van der Waals surface area (Å²) in [6.45, 7) is 8.69. The highest BCUT2D eigenvalue weighted by atomic mass is 16.5. The summed E-state index contributed by atoms with van der Waals surface area (Å²) in [5, 5.41) is 17.3. The molecule has 114 valence electrons. The van der Waals surface area contributed by atoms with Crippen molar-refractivity contribution in [2.45, 2.75) is 59.2 Å². The second kappa shape index (κ2) is 6.44. The molecule has 0 atom stereocenters. The van der Waals surface area contributed by atoms with Crippen LogP contribution in [-0.2, 0) is 0 Å². The van der Waals surface area contributed by atoms with Gasteiger partial charge in [0.15, 0.2) is 0 Å². The van der Waals surface area contributed by atoms with Gasteiger partial charge in [-0.15, -0.1) is 10.2 Å². The van der Waals surface area contributed by atoms with E-state index >= 15 is 0 Å². The minimum Gasteiger partial charge on any atom is -0.473 e. The molecule has 1 aliphatic rings. The van der Waals surface area contributed by atoms with Crippen LogP contribution >= 0.6 is 0 Å². The Balaban J connectivity index is 1.93. The Morgan fingerprint density at radius 2 is 2.05 bits per heavy atom. The summed E-state index contributed by atoms with van der Waals surface area (Å²) in [4.78, 5) is 0. The van der Waals surface area contributed by atoms with E-state index in [9.17, 15) is 5.11 Å². The van der Waals surface area contributed by atoms with Crippen molar-refractivity contribution in [3.05, 3.63) is 17.8 Å². The first-order valence-corrected chi connectivity index (χ1v) is 7.56. The molecule has 0 aliphatic heterocycles. The summed E-state index contributed by atoms with van der Waals surface area (Å²) in [6.07, 6.45) is 2.24. The maximum absolute atomic E-state index is 9.21. The zero-order valence-electron chi connectivity index (χ0n) is 13.3. The largest absolute Gasteiger partial charge is 0.473 e. The number of ether oxygens (including phenoxy) is 1. The lowest BCUT2D eigenvalue weighted by atomic mass is 9.84. The molecule has 2 rings (SSSR count). The molecule has 1 N–H and O–H groups in total. The third-order valence-corrected chi connectivity index (χ3v) is 3.44. The monoisotopic (exact) mass is 288 g/mol. The Labute approximate surface area is 126 Å². The molecule has 0 bridgehead atoms. The summed E-state index contributed by atoms with van der Waals surface area (Å²) in [5.74, 6) is 7.47. The number of rotatable bonds is 4. The Morgan fingerprint density at radius 1 is 1.33 bits per heavy atom. The van der Waals surface area contributed by atoms with Crippen molar-refractivity contribution >= 4 is 0 Å². The molecule has 0 radical (unpaired) electrons. The molecule has 0 aromatic carbocycles. The lowest BCUT2D eigenvalue weighted by Crippen LogP contribution is -2.37. The van der Waals surface area contributed by atoms with Crippen LogP contribution in [0.1, 0.15) is 52.7 Å². The van der Waals surface area contributed by atoms with Crippen molar-refractivity contribution in [1.29, 1.82) is 0 Å². The van der Waals surface area contributed by atoms with Crippen LogP contribution in [0.5, 0.6) is 5.88 Å². The van der Waals surface area contributed by atoms with E-state index in [1.807, 2.05) is 6.07 Å². The van der Waals surface area contributed by atoms with Gasteiger partial charge in [-0.1, -0.05) is 19.8 Å². The van der Waals surface area contributed by atoms with Crippen molar-refractivity contribution in [2.24, 2.45) is 11.3 Å². The van der Waals surface area contributed by atoms with Gasteiger partial charge in [-0.25, -0.2) is 0 Å². The van der Waals surface area contributed by atoms with E-state index in [1.165, 1.54) is 0 Å². The molecule has 1 heterocycles. The maximum Gasteiger partial charge on any atom is 0.233 e. The maximum atomic E-state index is 9.21. The molecular weight excluding hydrogens is 264 g/mol. The molecule has 0 amide bonds. The highest BCUT2D eigenvalue weighted by Crippen LogP contribution is 2.25. The average molecular weight is 288 g/mol. The van der Waals surface area contributed by atoms with Crippen molar-refractivity contribution in [3.8, 4) is 17.7 Å². The van der Waals surface area contributed by atoms with Crippen LogP contribution < -0.4 is 4.74 Å². The van der Waals surface area contributed by atoms with Crippen LogP contribution in [0.2, 0.25) is 0 Å². The lowest BCUT2D eigenvalue weighted by Gasteiger charge is -2.30. The van der Waals surface area contributed by atoms with Crippen LogP contribution in [0, 0.1) is 23.2 Å². The van der Waals surface area contributed by atoms with E-state index in [1.54, 1.807) is 6.07 Å². The number of hydrogen-bond acceptors (Lipinski definition) is 4. The van der Waals surface area contributed by atoms with E-state index in [2.05, 4.69) is 49.7 Å². The quantitative estimate of drug-likeness (QED) is 0.866. The summed E-state index contributed by atoms with van der Waals surface area (Å²) in [5.41, 5.74) is 0.639. The molecule has 1 fully saturated rings. The molecule has 1 saturated carbocycles. The molecular formula is C17H24N2O2. The van der Waals surface area contributed by atoms with Gasteiger partial charge >= 0.3 is 0 Å². The van der Waals surface area contributed by atoms with E-state index < -0.39 is 0 Å². The molecule has 0 unspecified atom stereocenters. The fourth-order valence-corrected chi connectivity index (χ4v) is 2.56. The number of nitrogens with zero attached hydrogens (tertiary/aromatic N) is 2. The van der Waals surface area contributed by atoms with Gasteiger partial charge < -0.3 is 9.84 Å². The van der Waals surface area contributed by atoms with E-state index in [4.69, 9.17) is 4.74 Å². The van der Waals surface area contributed by atoms with Crippen molar-refractivity contribution < 1.29 is 9.84 Å². The average Bonchev–Trinajstić information content (AvgIpc) is 2.35. The zero-order chi connectivity index (χ0) is 15.5. The third-order valence-electron chi connectivity index (χ3n) is 3.44. The first kappa shape index (κ1) is 15.8. The molecule has 0 saturated heterocycles. The Bertz CT molecular complexity index is 520. The summed E-state index contributed by atoms with van der Waals surface area (Å²) in [6, 6.07) is 3.62. The molecule has 1 aromatic heterocycles. The van der Waals surface area contributed by atoms with Gasteiger partial charge in [0.1, 0.15) is 11.8 Å². The SMILES string of the molecule is CC(C)CC(C)(C)C#Cc1ccc(OC2CC(O)C2)nn1. The summed E-state index contributed by atoms with van der Waals surface area (Å²) < 4.78 is 5.59. The molecule has 4 heteroatoms. The Hall–Kier alpha value is -1.60. The first-order chi connectivity index (χ1) is 9.84. The molecule has 0 spiro atoms. The summed E-state index contributed by atoms with van der Waals surface area (Å²) >= 11 is 0. The van der Waals surface area contributed by atoms with Gasteiger partial charge in [0, 0.05) is 24.3 Å². The van der Waals surface area contributed by atoms with Gasteiger partial charge in [0.05, 0.1) is 6.10 Å². The van der Waals surface area contributed by atoms with Gasteiger partial charge in [-0.2, -0.15) is 0 Å². The number of aromatic nitrogens is 2. The van der Waals surface area contributed by atoms with Gasteiger partial charge in [0.2, 0.25) is 5.88 Å². The van der Waals surface area contributed by atoms with Crippen molar-refractivity contribution in [3.63, 3.8) is 0 Å². The van der Waals surface area contributed by atoms with Crippen LogP contribution in [0.3, 0.4) is 0 Å². The Kier molecular flexibility index (Phi) is 4.84. The van der Waals surface area contributed by atoms with Crippen LogP contribution in [-0.4, -0.2) is 27.5 Å². The van der Waals surface area contributed by atoms with Gasteiger partial charge in [-0.3, -0.25) is 0 Å². The third kappa shape index (κ3) is 5.02. The van der Waals surface area contributed by atoms with Crippen molar-refractivity contribution in [2.75, 3.05) is 0 Å². The summed E-state index contributed by atoms with van der Waals surface area (Å²) in [7, 11) is 0. The first-order valence-electron chi connectivity index (χ1n) is 7.56. The van der Waals surface area contributed by atoms with Gasteiger partial charge in [0.25, 0.3) is 0 Å². The van der Waals surface area contributed by atoms with Gasteiger partial charge in [-0.05, 0) is 38.2 Å². The Morgan fingerprint density at radius 3 is 2.57 bits per heavy atom. The van der Waals surface area contributed by atoms with Crippen molar-refractivity contribution in [1.82, 2.24) is 10.2 Å². The number of hydrogen-bond donors (Lipinski definition) is 1. The van der Waals surface area contributed by atoms with E-state index in [0.29, 0.717) is 30.3 Å². The minimum atomic E-state index is -0.226. The van der Waals surface area contributed by atoms with Crippen LogP contribution in [0.15, 0.2) is 12.1 Å². The standard InChI is InChI=1S/C17H24N2O2/c1-12(2)11-17(3,4)8-7-13-5-6-16(19-18-13)21-15-9-14(20)10-15/h5-6,12,14-15,20H,9-11H2,1-4H3. The second-order valence-electron chi connectivity index (χ2n) is 6.85. The van der Waals surface area contributed by atoms with E-state index in [0.717, 1.165) is 6.42 Å². The van der Waals surface area contributed by atoms with E-state index in [-0.39, 0.29) is 17.6 Å². The molecule has 1 aliphatic carbocycles. The lowest BCUT2D eigenvalue weighted by molar-refractivity contribution is -0.0132. The highest BCUT2D eigenvalue weighted by Gasteiger charge is 2.29. The number of aliphatic hydroxyl groups excluding tert-OH is 1. The highest BCUT2D eigenvalue weighted by molar-refractivity contribution is 5.29. The predicted octanol–water partition coefficient (Wildman–Crippen LogP) is 2.80. The smallest absolute Gasteiger partial charge is 0.233 e. The molecule has 21 heavy (non-hydrogen) atoms.